The molecule has 15 heavy (non-hydrogen) atoms. The highest BCUT2D eigenvalue weighted by Gasteiger charge is 2.12. The van der Waals surface area contributed by atoms with Gasteiger partial charge in [0, 0.05) is 10.9 Å². The average Bonchev–Trinajstić information content (AvgIpc) is 2.74. The fourth-order valence-corrected chi connectivity index (χ4v) is 2.82. The van der Waals surface area contributed by atoms with Crippen molar-refractivity contribution in [1.82, 2.24) is 5.32 Å². The Morgan fingerprint density at radius 3 is 2.80 bits per heavy atom. The fraction of sp³-hybridized carbons (Fsp3) is 0.500. The van der Waals surface area contributed by atoms with Crippen LogP contribution >= 0.6 is 11.8 Å². The van der Waals surface area contributed by atoms with Crippen LogP contribution in [-0.4, -0.2) is 18.3 Å². The molecule has 0 bridgehead atoms. The molecule has 82 valence electrons. The van der Waals surface area contributed by atoms with Crippen molar-refractivity contribution in [3.8, 4) is 0 Å². The van der Waals surface area contributed by atoms with E-state index >= 15 is 0 Å². The SMILES string of the molecule is Fc1ccc(SCCC2CCCN2)cc1. The van der Waals surface area contributed by atoms with Crippen LogP contribution in [0, 0.1) is 5.82 Å². The first-order valence-electron chi connectivity index (χ1n) is 5.46. The molecular formula is C12H16FNS. The zero-order chi connectivity index (χ0) is 10.5. The van der Waals surface area contributed by atoms with E-state index in [1.165, 1.54) is 37.9 Å². The van der Waals surface area contributed by atoms with Crippen LogP contribution in [0.15, 0.2) is 29.2 Å². The van der Waals surface area contributed by atoms with Crippen molar-refractivity contribution >= 4 is 11.8 Å². The first kappa shape index (κ1) is 11.0. The monoisotopic (exact) mass is 225 g/mol. The quantitative estimate of drug-likeness (QED) is 0.790. The van der Waals surface area contributed by atoms with Gasteiger partial charge in [-0.15, -0.1) is 11.8 Å². The molecule has 0 amide bonds. The van der Waals surface area contributed by atoms with Crippen LogP contribution in [0.3, 0.4) is 0 Å². The van der Waals surface area contributed by atoms with E-state index in [-0.39, 0.29) is 5.82 Å². The second-order valence-electron chi connectivity index (χ2n) is 3.88. The third-order valence-corrected chi connectivity index (χ3v) is 3.76. The van der Waals surface area contributed by atoms with Gasteiger partial charge in [-0.25, -0.2) is 4.39 Å². The molecule has 1 N–H and O–H groups in total. The Balaban J connectivity index is 1.71. The molecule has 0 spiro atoms. The molecule has 1 aromatic carbocycles. The van der Waals surface area contributed by atoms with Gasteiger partial charge in [0.15, 0.2) is 0 Å². The van der Waals surface area contributed by atoms with Crippen molar-refractivity contribution in [2.45, 2.75) is 30.2 Å². The predicted molar refractivity (Wildman–Crippen MR) is 62.8 cm³/mol. The van der Waals surface area contributed by atoms with Gasteiger partial charge in [0.05, 0.1) is 0 Å². The average molecular weight is 225 g/mol. The number of nitrogens with one attached hydrogen (secondary N) is 1. The Bertz CT molecular complexity index is 293. The maximum absolute atomic E-state index is 12.6. The van der Waals surface area contributed by atoms with Gasteiger partial charge in [-0.2, -0.15) is 0 Å². The number of rotatable bonds is 4. The molecule has 0 aromatic heterocycles. The van der Waals surface area contributed by atoms with Gasteiger partial charge in [-0.1, -0.05) is 0 Å². The predicted octanol–water partition coefficient (Wildman–Crippen LogP) is 3.06. The number of benzene rings is 1. The third kappa shape index (κ3) is 3.50. The van der Waals surface area contributed by atoms with E-state index in [9.17, 15) is 4.39 Å². The van der Waals surface area contributed by atoms with E-state index in [1.807, 2.05) is 23.9 Å². The summed E-state index contributed by atoms with van der Waals surface area (Å²) in [5.41, 5.74) is 0. The molecule has 1 nitrogen and oxygen atoms in total. The lowest BCUT2D eigenvalue weighted by molar-refractivity contribution is 0.592. The second-order valence-corrected chi connectivity index (χ2v) is 5.05. The summed E-state index contributed by atoms with van der Waals surface area (Å²) in [4.78, 5) is 1.16. The molecule has 1 atom stereocenters. The first-order valence-corrected chi connectivity index (χ1v) is 6.45. The van der Waals surface area contributed by atoms with Crippen molar-refractivity contribution in [2.24, 2.45) is 0 Å². The Kier molecular flexibility index (Phi) is 4.03. The molecule has 1 saturated heterocycles. The van der Waals surface area contributed by atoms with Crippen molar-refractivity contribution < 1.29 is 4.39 Å². The summed E-state index contributed by atoms with van der Waals surface area (Å²) in [5.74, 6) is 0.959. The van der Waals surface area contributed by atoms with E-state index < -0.39 is 0 Å². The Hall–Kier alpha value is -0.540. The molecule has 0 saturated carbocycles. The molecule has 1 heterocycles. The van der Waals surface area contributed by atoms with Crippen LogP contribution in [-0.2, 0) is 0 Å². The minimum atomic E-state index is -0.156. The van der Waals surface area contributed by atoms with E-state index in [2.05, 4.69) is 5.32 Å². The lowest BCUT2D eigenvalue weighted by atomic mass is 10.2. The summed E-state index contributed by atoms with van der Waals surface area (Å²) in [7, 11) is 0. The maximum Gasteiger partial charge on any atom is 0.123 e. The van der Waals surface area contributed by atoms with Crippen LogP contribution in [0.1, 0.15) is 19.3 Å². The fourth-order valence-electron chi connectivity index (χ4n) is 1.85. The molecule has 1 aliphatic heterocycles. The van der Waals surface area contributed by atoms with Crippen molar-refractivity contribution in [3.63, 3.8) is 0 Å². The molecule has 1 fully saturated rings. The Labute approximate surface area is 94.5 Å². The molecule has 0 radical (unpaired) electrons. The molecule has 0 aliphatic carbocycles. The van der Waals surface area contributed by atoms with Crippen molar-refractivity contribution in [2.75, 3.05) is 12.3 Å². The molecule has 1 unspecified atom stereocenters. The van der Waals surface area contributed by atoms with Crippen LogP contribution in [0.5, 0.6) is 0 Å². The van der Waals surface area contributed by atoms with Crippen LogP contribution in [0.4, 0.5) is 4.39 Å². The van der Waals surface area contributed by atoms with Crippen molar-refractivity contribution in [3.05, 3.63) is 30.1 Å². The van der Waals surface area contributed by atoms with Gasteiger partial charge in [-0.3, -0.25) is 0 Å². The van der Waals surface area contributed by atoms with Gasteiger partial charge < -0.3 is 5.32 Å². The van der Waals surface area contributed by atoms with Crippen LogP contribution < -0.4 is 5.32 Å². The van der Waals surface area contributed by atoms with E-state index in [1.54, 1.807) is 0 Å². The zero-order valence-corrected chi connectivity index (χ0v) is 9.52. The summed E-state index contributed by atoms with van der Waals surface area (Å²) in [6.07, 6.45) is 3.83. The van der Waals surface area contributed by atoms with Gasteiger partial charge >= 0.3 is 0 Å². The normalized spacial score (nSPS) is 20.7. The van der Waals surface area contributed by atoms with E-state index in [0.29, 0.717) is 6.04 Å². The molecular weight excluding hydrogens is 209 g/mol. The number of halogens is 1. The third-order valence-electron chi connectivity index (χ3n) is 2.71. The van der Waals surface area contributed by atoms with Crippen molar-refractivity contribution in [1.29, 1.82) is 0 Å². The Morgan fingerprint density at radius 1 is 1.33 bits per heavy atom. The minimum Gasteiger partial charge on any atom is -0.314 e. The summed E-state index contributed by atoms with van der Waals surface area (Å²) >= 11 is 1.81. The van der Waals surface area contributed by atoms with Gasteiger partial charge in [0.25, 0.3) is 0 Å². The minimum absolute atomic E-state index is 0.156. The van der Waals surface area contributed by atoms with E-state index in [4.69, 9.17) is 0 Å². The van der Waals surface area contributed by atoms with Gasteiger partial charge in [-0.05, 0) is 55.8 Å². The second kappa shape index (κ2) is 5.52. The smallest absolute Gasteiger partial charge is 0.123 e. The topological polar surface area (TPSA) is 12.0 Å². The van der Waals surface area contributed by atoms with Crippen LogP contribution in [0.25, 0.3) is 0 Å². The molecule has 1 aromatic rings. The number of hydrogen-bond donors (Lipinski definition) is 1. The summed E-state index contributed by atoms with van der Waals surface area (Å²) in [6.45, 7) is 1.17. The maximum atomic E-state index is 12.6. The largest absolute Gasteiger partial charge is 0.314 e. The summed E-state index contributed by atoms with van der Waals surface area (Å²) in [6, 6.07) is 7.45. The lowest BCUT2D eigenvalue weighted by Gasteiger charge is -2.08. The van der Waals surface area contributed by atoms with Gasteiger partial charge in [0.2, 0.25) is 0 Å². The summed E-state index contributed by atoms with van der Waals surface area (Å²) < 4.78 is 12.6. The zero-order valence-electron chi connectivity index (χ0n) is 8.71. The standard InChI is InChI=1S/C12H16FNS/c13-10-3-5-12(6-4-10)15-9-7-11-2-1-8-14-11/h3-6,11,14H,1-2,7-9H2. The Morgan fingerprint density at radius 2 is 2.13 bits per heavy atom. The van der Waals surface area contributed by atoms with E-state index in [0.717, 1.165) is 10.6 Å². The highest BCUT2D eigenvalue weighted by Crippen LogP contribution is 2.21. The number of thioether (sulfide) groups is 1. The number of hydrogen-bond acceptors (Lipinski definition) is 2. The highest BCUT2D eigenvalue weighted by atomic mass is 32.2. The highest BCUT2D eigenvalue weighted by molar-refractivity contribution is 7.99. The molecule has 2 rings (SSSR count). The summed E-state index contributed by atoms with van der Waals surface area (Å²) in [5, 5.41) is 3.48. The van der Waals surface area contributed by atoms with Gasteiger partial charge in [0.1, 0.15) is 5.82 Å². The van der Waals surface area contributed by atoms with Crippen LogP contribution in [0.2, 0.25) is 0 Å². The molecule has 3 heteroatoms. The lowest BCUT2D eigenvalue weighted by Crippen LogP contribution is -2.21. The molecule has 1 aliphatic rings. The first-order chi connectivity index (χ1) is 7.34.